The van der Waals surface area contributed by atoms with E-state index in [1.807, 2.05) is 32.0 Å². The first kappa shape index (κ1) is 18.0. The number of aliphatic carboxylic acids is 1. The summed E-state index contributed by atoms with van der Waals surface area (Å²) in [6.07, 6.45) is 2.39. The molecule has 0 amide bonds. The van der Waals surface area contributed by atoms with Gasteiger partial charge in [-0.05, 0) is 49.8 Å². The number of halogens is 1. The van der Waals surface area contributed by atoms with Gasteiger partial charge in [0.1, 0.15) is 0 Å². The maximum atomic E-state index is 11.9. The molecule has 1 N–H and O–H groups in total. The SMILES string of the molecule is CCOC(=O)CC1(Cn2c(C)c(CC(=O)O)c3c(Br)cccc32)CC1. The fourth-order valence-electron chi connectivity index (χ4n) is 3.55. The smallest absolute Gasteiger partial charge is 0.307 e. The third-order valence-electron chi connectivity index (χ3n) is 5.03. The molecule has 1 aromatic carbocycles. The number of nitrogens with zero attached hydrogens (tertiary/aromatic N) is 1. The van der Waals surface area contributed by atoms with Crippen LogP contribution in [0.5, 0.6) is 0 Å². The van der Waals surface area contributed by atoms with Crippen LogP contribution in [-0.2, 0) is 27.3 Å². The molecule has 1 fully saturated rings. The summed E-state index contributed by atoms with van der Waals surface area (Å²) in [5, 5.41) is 10.2. The topological polar surface area (TPSA) is 68.5 Å². The Morgan fingerprint density at radius 2 is 2.08 bits per heavy atom. The van der Waals surface area contributed by atoms with Gasteiger partial charge in [0, 0.05) is 27.6 Å². The number of benzene rings is 1. The van der Waals surface area contributed by atoms with E-state index in [2.05, 4.69) is 20.5 Å². The van der Waals surface area contributed by atoms with Crippen molar-refractivity contribution in [3.05, 3.63) is 33.9 Å². The van der Waals surface area contributed by atoms with Crippen molar-refractivity contribution in [1.29, 1.82) is 0 Å². The first-order valence-corrected chi connectivity index (χ1v) is 9.30. The zero-order chi connectivity index (χ0) is 18.2. The normalized spacial score (nSPS) is 15.3. The fraction of sp³-hybridized carbons (Fsp3) is 0.474. The van der Waals surface area contributed by atoms with Gasteiger partial charge in [0.05, 0.1) is 19.4 Å². The lowest BCUT2D eigenvalue weighted by Crippen LogP contribution is -2.18. The third-order valence-corrected chi connectivity index (χ3v) is 5.69. The zero-order valence-electron chi connectivity index (χ0n) is 14.5. The van der Waals surface area contributed by atoms with Crippen LogP contribution in [0, 0.1) is 12.3 Å². The highest BCUT2D eigenvalue weighted by Crippen LogP contribution is 2.51. The average Bonchev–Trinajstić information content (AvgIpc) is 3.24. The van der Waals surface area contributed by atoms with Crippen molar-refractivity contribution in [2.24, 2.45) is 5.41 Å². The summed E-state index contributed by atoms with van der Waals surface area (Å²) in [4.78, 5) is 23.2. The summed E-state index contributed by atoms with van der Waals surface area (Å²) in [6, 6.07) is 5.90. The van der Waals surface area contributed by atoms with Crippen LogP contribution < -0.4 is 0 Å². The van der Waals surface area contributed by atoms with Gasteiger partial charge < -0.3 is 14.4 Å². The van der Waals surface area contributed by atoms with E-state index < -0.39 is 5.97 Å². The van der Waals surface area contributed by atoms with Gasteiger partial charge in [0.25, 0.3) is 0 Å². The second-order valence-electron chi connectivity index (χ2n) is 6.84. The van der Waals surface area contributed by atoms with Gasteiger partial charge in [-0.1, -0.05) is 22.0 Å². The Hall–Kier alpha value is -1.82. The maximum absolute atomic E-state index is 11.9. The molecule has 6 heteroatoms. The van der Waals surface area contributed by atoms with E-state index in [0.29, 0.717) is 19.6 Å². The molecule has 25 heavy (non-hydrogen) atoms. The molecule has 1 saturated carbocycles. The molecule has 0 unspecified atom stereocenters. The van der Waals surface area contributed by atoms with Crippen molar-refractivity contribution in [3.8, 4) is 0 Å². The standard InChI is InChI=1S/C19H22BrNO4/c1-3-25-17(24)10-19(7-8-19)11-21-12(2)13(9-16(22)23)18-14(20)5-4-6-15(18)21/h4-6H,3,7-11H2,1-2H3,(H,22,23). The molecule has 0 aliphatic heterocycles. The predicted molar refractivity (Wildman–Crippen MR) is 98.6 cm³/mol. The van der Waals surface area contributed by atoms with Gasteiger partial charge in [-0.2, -0.15) is 0 Å². The number of hydrogen-bond acceptors (Lipinski definition) is 3. The number of aromatic nitrogens is 1. The molecular formula is C19H22BrNO4. The van der Waals surface area contributed by atoms with Gasteiger partial charge in [0.15, 0.2) is 0 Å². The number of rotatable bonds is 7. The zero-order valence-corrected chi connectivity index (χ0v) is 16.1. The van der Waals surface area contributed by atoms with Crippen molar-refractivity contribution in [2.75, 3.05) is 6.61 Å². The first-order valence-electron chi connectivity index (χ1n) is 8.50. The summed E-state index contributed by atoms with van der Waals surface area (Å²) in [5.41, 5.74) is 2.74. The highest BCUT2D eigenvalue weighted by atomic mass is 79.9. The van der Waals surface area contributed by atoms with Crippen LogP contribution >= 0.6 is 15.9 Å². The minimum Gasteiger partial charge on any atom is -0.481 e. The second-order valence-corrected chi connectivity index (χ2v) is 7.69. The second kappa shape index (κ2) is 6.83. The highest BCUT2D eigenvalue weighted by molar-refractivity contribution is 9.10. The predicted octanol–water partition coefficient (Wildman–Crippen LogP) is 4.07. The summed E-state index contributed by atoms with van der Waals surface area (Å²) in [6.45, 7) is 4.89. The molecule has 0 spiro atoms. The van der Waals surface area contributed by atoms with Gasteiger partial charge in [-0.15, -0.1) is 0 Å². The first-order chi connectivity index (χ1) is 11.9. The molecule has 0 atom stereocenters. The number of carboxylic acid groups (broad SMARTS) is 1. The van der Waals surface area contributed by atoms with Crippen molar-refractivity contribution in [2.45, 2.75) is 46.1 Å². The van der Waals surface area contributed by atoms with Crippen LogP contribution in [0.2, 0.25) is 0 Å². The van der Waals surface area contributed by atoms with Crippen LogP contribution in [0.1, 0.15) is 37.4 Å². The number of fused-ring (bicyclic) bond motifs is 1. The Bertz CT molecular complexity index is 836. The van der Waals surface area contributed by atoms with E-state index in [9.17, 15) is 14.7 Å². The average molecular weight is 408 g/mol. The molecule has 5 nitrogen and oxygen atoms in total. The lowest BCUT2D eigenvalue weighted by Gasteiger charge is -2.18. The van der Waals surface area contributed by atoms with Crippen molar-refractivity contribution in [3.63, 3.8) is 0 Å². The molecule has 0 bridgehead atoms. The van der Waals surface area contributed by atoms with E-state index >= 15 is 0 Å². The van der Waals surface area contributed by atoms with Crippen LogP contribution in [-0.4, -0.2) is 28.2 Å². The summed E-state index contributed by atoms with van der Waals surface area (Å²) in [5.74, 6) is -0.994. The monoisotopic (exact) mass is 407 g/mol. The van der Waals surface area contributed by atoms with E-state index in [1.165, 1.54) is 0 Å². The van der Waals surface area contributed by atoms with Crippen LogP contribution in [0.25, 0.3) is 10.9 Å². The lowest BCUT2D eigenvalue weighted by molar-refractivity contribution is -0.144. The fourth-order valence-corrected chi connectivity index (χ4v) is 4.15. The minimum absolute atomic E-state index is 0.0111. The molecule has 1 aliphatic carbocycles. The van der Waals surface area contributed by atoms with Gasteiger partial charge in [-0.3, -0.25) is 9.59 Å². The summed E-state index contributed by atoms with van der Waals surface area (Å²) < 4.78 is 8.19. The molecule has 1 aromatic heterocycles. The lowest BCUT2D eigenvalue weighted by atomic mass is 10.0. The number of carbonyl (C=O) groups is 2. The van der Waals surface area contributed by atoms with Crippen molar-refractivity contribution in [1.82, 2.24) is 4.57 Å². The molecule has 0 radical (unpaired) electrons. The number of esters is 1. The Morgan fingerprint density at radius 3 is 2.68 bits per heavy atom. The molecule has 1 heterocycles. The van der Waals surface area contributed by atoms with Crippen molar-refractivity contribution < 1.29 is 19.4 Å². The maximum Gasteiger partial charge on any atom is 0.307 e. The van der Waals surface area contributed by atoms with E-state index in [-0.39, 0.29) is 17.8 Å². The van der Waals surface area contributed by atoms with E-state index in [1.54, 1.807) is 0 Å². The van der Waals surface area contributed by atoms with Gasteiger partial charge in [0.2, 0.25) is 0 Å². The van der Waals surface area contributed by atoms with Crippen LogP contribution in [0.4, 0.5) is 0 Å². The number of carboxylic acids is 1. The molecule has 2 aromatic rings. The van der Waals surface area contributed by atoms with Crippen molar-refractivity contribution >= 4 is 38.8 Å². The number of hydrogen-bond donors (Lipinski definition) is 1. The quantitative estimate of drug-likeness (QED) is 0.702. The Balaban J connectivity index is 1.99. The number of carbonyl (C=O) groups excluding carboxylic acids is 1. The summed E-state index contributed by atoms with van der Waals surface area (Å²) >= 11 is 3.56. The Kier molecular flexibility index (Phi) is 4.91. The van der Waals surface area contributed by atoms with Crippen LogP contribution in [0.15, 0.2) is 22.7 Å². The molecule has 0 saturated heterocycles. The van der Waals surface area contributed by atoms with E-state index in [0.717, 1.165) is 39.5 Å². The minimum atomic E-state index is -0.842. The Labute approximate surface area is 155 Å². The molecular weight excluding hydrogens is 386 g/mol. The largest absolute Gasteiger partial charge is 0.481 e. The third kappa shape index (κ3) is 3.59. The van der Waals surface area contributed by atoms with Gasteiger partial charge in [-0.25, -0.2) is 0 Å². The number of ether oxygens (including phenoxy) is 1. The highest BCUT2D eigenvalue weighted by Gasteiger charge is 2.45. The summed E-state index contributed by atoms with van der Waals surface area (Å²) in [7, 11) is 0. The molecule has 3 rings (SSSR count). The van der Waals surface area contributed by atoms with Crippen LogP contribution in [0.3, 0.4) is 0 Å². The van der Waals surface area contributed by atoms with E-state index in [4.69, 9.17) is 4.74 Å². The molecule has 1 aliphatic rings. The Morgan fingerprint density at radius 1 is 1.36 bits per heavy atom. The molecule has 134 valence electrons. The van der Waals surface area contributed by atoms with Gasteiger partial charge >= 0.3 is 11.9 Å².